The van der Waals surface area contributed by atoms with Crippen molar-refractivity contribution in [2.45, 2.75) is 24.7 Å². The Bertz CT molecular complexity index is 1040. The number of rotatable bonds is 10. The number of anilines is 1. The number of carbonyl (C=O) groups is 1. The van der Waals surface area contributed by atoms with Gasteiger partial charge in [-0.25, -0.2) is 13.1 Å². The lowest BCUT2D eigenvalue weighted by atomic mass is 10.2. The summed E-state index contributed by atoms with van der Waals surface area (Å²) in [5.74, 6) is 0.939. The zero-order valence-electron chi connectivity index (χ0n) is 18.9. The van der Waals surface area contributed by atoms with Crippen LogP contribution >= 0.6 is 11.6 Å². The van der Waals surface area contributed by atoms with Gasteiger partial charge in [0.25, 0.3) is 5.91 Å². The predicted molar refractivity (Wildman–Crippen MR) is 129 cm³/mol. The Labute approximate surface area is 200 Å². The number of methoxy groups -OCH3 is 1. The van der Waals surface area contributed by atoms with Crippen LogP contribution in [0.1, 0.15) is 19.8 Å². The second-order valence-electron chi connectivity index (χ2n) is 7.70. The largest absolute Gasteiger partial charge is 0.497 e. The quantitative estimate of drug-likeness (QED) is 0.509. The van der Waals surface area contributed by atoms with E-state index in [1.54, 1.807) is 12.0 Å². The molecule has 1 amide bonds. The number of sulfonamides is 1. The third-order valence-electron chi connectivity index (χ3n) is 5.46. The monoisotopic (exact) mass is 495 g/mol. The lowest BCUT2D eigenvalue weighted by Crippen LogP contribution is -2.50. The van der Waals surface area contributed by atoms with Crippen LogP contribution in [0.2, 0.25) is 5.02 Å². The van der Waals surface area contributed by atoms with E-state index in [9.17, 15) is 13.2 Å². The van der Waals surface area contributed by atoms with Crippen molar-refractivity contribution in [1.29, 1.82) is 0 Å². The molecule has 2 aromatic rings. The number of hydrogen-bond donors (Lipinski definition) is 1. The van der Waals surface area contributed by atoms with E-state index in [4.69, 9.17) is 21.1 Å². The van der Waals surface area contributed by atoms with E-state index >= 15 is 0 Å². The molecule has 0 bridgehead atoms. The molecule has 0 radical (unpaired) electrons. The van der Waals surface area contributed by atoms with Crippen LogP contribution in [-0.4, -0.2) is 65.7 Å². The molecular weight excluding hydrogens is 466 g/mol. The van der Waals surface area contributed by atoms with Gasteiger partial charge in [-0.05, 0) is 48.9 Å². The Morgan fingerprint density at radius 1 is 1.09 bits per heavy atom. The van der Waals surface area contributed by atoms with E-state index in [2.05, 4.69) is 9.62 Å². The van der Waals surface area contributed by atoms with Crippen LogP contribution in [0.15, 0.2) is 47.4 Å². The number of halogens is 1. The van der Waals surface area contributed by atoms with E-state index in [0.29, 0.717) is 19.6 Å². The maximum atomic E-state index is 12.6. The molecule has 1 fully saturated rings. The van der Waals surface area contributed by atoms with Crippen molar-refractivity contribution in [2.75, 3.05) is 51.3 Å². The van der Waals surface area contributed by atoms with Gasteiger partial charge >= 0.3 is 0 Å². The van der Waals surface area contributed by atoms with Crippen molar-refractivity contribution < 1.29 is 22.7 Å². The van der Waals surface area contributed by atoms with Crippen LogP contribution in [0.3, 0.4) is 0 Å². The molecule has 0 atom stereocenters. The number of nitrogens with zero attached hydrogens (tertiary/aromatic N) is 2. The molecular formula is C23H30ClN3O5S. The molecule has 0 aliphatic carbocycles. The van der Waals surface area contributed by atoms with E-state index in [1.807, 2.05) is 31.2 Å². The Kier molecular flexibility index (Phi) is 8.82. The Morgan fingerprint density at radius 3 is 2.39 bits per heavy atom. The SMILES string of the molecule is CCCCNS(=O)(=O)c1ccc(OCC(=O)N2CCN(c3ccc(OC)cc3)CC2)c(Cl)c1. The first kappa shape index (κ1) is 25.1. The van der Waals surface area contributed by atoms with E-state index in [0.717, 1.165) is 37.4 Å². The number of unbranched alkanes of at least 4 members (excludes halogenated alkanes) is 1. The predicted octanol–water partition coefficient (Wildman–Crippen LogP) is 3.15. The summed E-state index contributed by atoms with van der Waals surface area (Å²) >= 11 is 6.22. The summed E-state index contributed by atoms with van der Waals surface area (Å²) in [5, 5.41) is 0.144. The molecule has 2 aromatic carbocycles. The van der Waals surface area contributed by atoms with Crippen LogP contribution < -0.4 is 19.1 Å². The summed E-state index contributed by atoms with van der Waals surface area (Å²) in [4.78, 5) is 16.6. The van der Waals surface area contributed by atoms with Crippen LogP contribution in [0.5, 0.6) is 11.5 Å². The molecule has 0 saturated carbocycles. The number of nitrogens with one attached hydrogen (secondary N) is 1. The number of hydrogen-bond acceptors (Lipinski definition) is 6. The molecule has 180 valence electrons. The maximum Gasteiger partial charge on any atom is 0.260 e. The number of benzene rings is 2. The third-order valence-corrected chi connectivity index (χ3v) is 7.21. The Balaban J connectivity index is 1.50. The van der Waals surface area contributed by atoms with Crippen LogP contribution in [0.4, 0.5) is 5.69 Å². The van der Waals surface area contributed by atoms with Crippen molar-refractivity contribution in [1.82, 2.24) is 9.62 Å². The van der Waals surface area contributed by atoms with Gasteiger partial charge in [0.15, 0.2) is 6.61 Å². The summed E-state index contributed by atoms with van der Waals surface area (Å²) in [7, 11) is -1.99. The molecule has 33 heavy (non-hydrogen) atoms. The van der Waals surface area contributed by atoms with Crippen molar-refractivity contribution in [3.05, 3.63) is 47.5 Å². The van der Waals surface area contributed by atoms with Crippen molar-refractivity contribution in [3.63, 3.8) is 0 Å². The third kappa shape index (κ3) is 6.75. The first-order valence-corrected chi connectivity index (χ1v) is 12.8. The second-order valence-corrected chi connectivity index (χ2v) is 9.87. The molecule has 1 heterocycles. The summed E-state index contributed by atoms with van der Waals surface area (Å²) < 4.78 is 38.0. The molecule has 1 aliphatic rings. The zero-order chi connectivity index (χ0) is 23.8. The minimum absolute atomic E-state index is 0.0666. The fraction of sp³-hybridized carbons (Fsp3) is 0.435. The van der Waals surface area contributed by atoms with Crippen molar-refractivity contribution in [2.24, 2.45) is 0 Å². The standard InChI is InChI=1S/C23H30ClN3O5S/c1-3-4-11-25-33(29,30)20-9-10-22(21(24)16-20)32-17-23(28)27-14-12-26(13-15-27)18-5-7-19(31-2)8-6-18/h5-10,16,25H,3-4,11-15,17H2,1-2H3. The lowest BCUT2D eigenvalue weighted by Gasteiger charge is -2.36. The van der Waals surface area contributed by atoms with Crippen molar-refractivity contribution >= 4 is 33.2 Å². The van der Waals surface area contributed by atoms with Gasteiger partial charge in [0, 0.05) is 38.4 Å². The molecule has 0 unspecified atom stereocenters. The van der Waals surface area contributed by atoms with Crippen LogP contribution in [0, 0.1) is 0 Å². The number of piperazine rings is 1. The highest BCUT2D eigenvalue weighted by Crippen LogP contribution is 2.27. The van der Waals surface area contributed by atoms with Gasteiger partial charge in [0.2, 0.25) is 10.0 Å². The molecule has 1 N–H and O–H groups in total. The normalized spacial score (nSPS) is 14.3. The molecule has 1 aliphatic heterocycles. The van der Waals surface area contributed by atoms with Gasteiger partial charge in [-0.2, -0.15) is 0 Å². The topological polar surface area (TPSA) is 88.2 Å². The smallest absolute Gasteiger partial charge is 0.260 e. The molecule has 1 saturated heterocycles. The van der Waals surface area contributed by atoms with Gasteiger partial charge in [-0.3, -0.25) is 4.79 Å². The van der Waals surface area contributed by atoms with E-state index in [-0.39, 0.29) is 28.2 Å². The number of amides is 1. The van der Waals surface area contributed by atoms with E-state index in [1.165, 1.54) is 18.2 Å². The van der Waals surface area contributed by atoms with Gasteiger partial charge in [0.1, 0.15) is 11.5 Å². The number of carbonyl (C=O) groups excluding carboxylic acids is 1. The number of ether oxygens (including phenoxy) is 2. The molecule has 8 nitrogen and oxygen atoms in total. The van der Waals surface area contributed by atoms with Gasteiger partial charge in [-0.1, -0.05) is 24.9 Å². The summed E-state index contributed by atoms with van der Waals surface area (Å²) in [6, 6.07) is 12.1. The van der Waals surface area contributed by atoms with Gasteiger partial charge in [0.05, 0.1) is 17.0 Å². The second kappa shape index (κ2) is 11.6. The average molecular weight is 496 g/mol. The first-order valence-electron chi connectivity index (χ1n) is 10.9. The summed E-state index contributed by atoms with van der Waals surface area (Å²) in [5.41, 5.74) is 1.09. The minimum Gasteiger partial charge on any atom is -0.497 e. The fourth-order valence-corrected chi connectivity index (χ4v) is 4.87. The highest BCUT2D eigenvalue weighted by Gasteiger charge is 2.22. The highest BCUT2D eigenvalue weighted by atomic mass is 35.5. The first-order chi connectivity index (χ1) is 15.8. The molecule has 0 spiro atoms. The summed E-state index contributed by atoms with van der Waals surface area (Å²) in [6.45, 7) is 4.80. The van der Waals surface area contributed by atoms with E-state index < -0.39 is 10.0 Å². The van der Waals surface area contributed by atoms with Crippen LogP contribution in [-0.2, 0) is 14.8 Å². The zero-order valence-corrected chi connectivity index (χ0v) is 20.5. The Hall–Kier alpha value is -2.49. The van der Waals surface area contributed by atoms with Gasteiger partial charge < -0.3 is 19.3 Å². The van der Waals surface area contributed by atoms with Crippen LogP contribution in [0.25, 0.3) is 0 Å². The minimum atomic E-state index is -3.63. The lowest BCUT2D eigenvalue weighted by molar-refractivity contribution is -0.133. The Morgan fingerprint density at radius 2 is 1.79 bits per heavy atom. The molecule has 10 heteroatoms. The highest BCUT2D eigenvalue weighted by molar-refractivity contribution is 7.89. The van der Waals surface area contributed by atoms with Crippen molar-refractivity contribution in [3.8, 4) is 11.5 Å². The average Bonchev–Trinajstić information content (AvgIpc) is 2.83. The maximum absolute atomic E-state index is 12.6. The summed E-state index contributed by atoms with van der Waals surface area (Å²) in [6.07, 6.45) is 1.64. The molecule has 3 rings (SSSR count). The van der Waals surface area contributed by atoms with Gasteiger partial charge in [-0.15, -0.1) is 0 Å². The fourth-order valence-electron chi connectivity index (χ4n) is 3.47. The molecule has 0 aromatic heterocycles.